The number of nitrogens with zero attached hydrogens (tertiary/aromatic N) is 1. The van der Waals surface area contributed by atoms with E-state index >= 15 is 0 Å². The van der Waals surface area contributed by atoms with Gasteiger partial charge in [0.1, 0.15) is 0 Å². The van der Waals surface area contributed by atoms with Gasteiger partial charge >= 0.3 is 0 Å². The number of hydrogen-bond acceptors (Lipinski definition) is 2. The van der Waals surface area contributed by atoms with Crippen LogP contribution in [0.25, 0.3) is 0 Å². The van der Waals surface area contributed by atoms with Crippen molar-refractivity contribution in [1.29, 1.82) is 0 Å². The van der Waals surface area contributed by atoms with Crippen LogP contribution in [-0.2, 0) is 6.42 Å². The predicted molar refractivity (Wildman–Crippen MR) is 125 cm³/mol. The van der Waals surface area contributed by atoms with Gasteiger partial charge < -0.3 is 0 Å². The number of unbranched alkanes of at least 4 members (excludes halogenated alkanes) is 15. The lowest BCUT2D eigenvalue weighted by molar-refractivity contribution is -0.519. The first kappa shape index (κ1) is 25.7. The summed E-state index contributed by atoms with van der Waals surface area (Å²) in [7, 11) is 0. The van der Waals surface area contributed by atoms with Crippen LogP contribution in [-0.4, -0.2) is 11.0 Å². The molecule has 0 aliphatic heterocycles. The van der Waals surface area contributed by atoms with Crippen molar-refractivity contribution in [2.75, 3.05) is 0 Å². The molecule has 0 saturated heterocycles. The molecule has 0 saturated carbocycles. The zero-order chi connectivity index (χ0) is 21.0. The van der Waals surface area contributed by atoms with E-state index in [-0.39, 0.29) is 11.0 Å². The number of aryl methyl sites for hydroxylation is 1. The molecular weight excluding hydrogens is 358 g/mol. The average Bonchev–Trinajstić information content (AvgIpc) is 2.73. The minimum atomic E-state index is -0.366. The number of rotatable bonds is 20. The lowest BCUT2D eigenvalue weighted by Crippen LogP contribution is -2.14. The molecule has 0 radical (unpaired) electrons. The molecule has 0 spiro atoms. The highest BCUT2D eigenvalue weighted by Crippen LogP contribution is 2.15. The molecule has 0 bridgehead atoms. The number of hydrogen-bond donors (Lipinski definition) is 0. The normalized spacial score (nSPS) is 12.2. The van der Waals surface area contributed by atoms with Crippen molar-refractivity contribution in [2.45, 2.75) is 129 Å². The van der Waals surface area contributed by atoms with E-state index in [1.54, 1.807) is 6.92 Å². The fourth-order valence-corrected chi connectivity index (χ4v) is 3.99. The first-order chi connectivity index (χ1) is 14.2. The van der Waals surface area contributed by atoms with Crippen molar-refractivity contribution in [3.63, 3.8) is 0 Å². The van der Waals surface area contributed by atoms with Crippen molar-refractivity contribution < 1.29 is 4.92 Å². The second-order valence-electron chi connectivity index (χ2n) is 8.82. The van der Waals surface area contributed by atoms with Gasteiger partial charge in [-0.3, -0.25) is 10.1 Å². The van der Waals surface area contributed by atoms with E-state index in [0.29, 0.717) is 0 Å². The van der Waals surface area contributed by atoms with E-state index in [1.165, 1.54) is 102 Å². The predicted octanol–water partition coefficient (Wildman–Crippen LogP) is 8.53. The van der Waals surface area contributed by atoms with Gasteiger partial charge in [0.15, 0.2) is 0 Å². The fourth-order valence-electron chi connectivity index (χ4n) is 3.99. The summed E-state index contributed by atoms with van der Waals surface area (Å²) in [6, 6.07) is 10.5. The Balaban J connectivity index is 1.70. The Morgan fingerprint density at radius 3 is 1.45 bits per heavy atom. The molecule has 1 aromatic carbocycles. The Labute approximate surface area is 179 Å². The molecule has 0 amide bonds. The number of benzene rings is 1. The Bertz CT molecular complexity index is 489. The van der Waals surface area contributed by atoms with Gasteiger partial charge in [0.2, 0.25) is 6.04 Å². The zero-order valence-electron chi connectivity index (χ0n) is 19.0. The highest BCUT2D eigenvalue weighted by Gasteiger charge is 2.10. The van der Waals surface area contributed by atoms with Crippen LogP contribution < -0.4 is 0 Å². The van der Waals surface area contributed by atoms with E-state index < -0.39 is 0 Å². The quantitative estimate of drug-likeness (QED) is 0.124. The molecule has 1 unspecified atom stereocenters. The van der Waals surface area contributed by atoms with E-state index in [4.69, 9.17) is 0 Å². The molecule has 3 nitrogen and oxygen atoms in total. The molecule has 1 aromatic rings. The molecule has 0 N–H and O–H groups in total. The third-order valence-electron chi connectivity index (χ3n) is 6.04. The standard InChI is InChI=1S/C26H45NO2/c1-25(27(28)29)21-17-14-12-10-8-6-4-2-3-5-7-9-11-13-15-18-22-26-23-19-16-20-24-26/h16,19-20,23-25H,2-15,17-18,21-22H2,1H3. The van der Waals surface area contributed by atoms with Crippen LogP contribution in [0.3, 0.4) is 0 Å². The van der Waals surface area contributed by atoms with E-state index in [0.717, 1.165) is 19.3 Å². The molecule has 0 aromatic heterocycles. The van der Waals surface area contributed by atoms with Gasteiger partial charge in [-0.05, 0) is 24.8 Å². The van der Waals surface area contributed by atoms with Crippen LogP contribution >= 0.6 is 0 Å². The lowest BCUT2D eigenvalue weighted by Gasteiger charge is -2.05. The van der Waals surface area contributed by atoms with Gasteiger partial charge in [0.25, 0.3) is 0 Å². The lowest BCUT2D eigenvalue weighted by atomic mass is 10.0. The van der Waals surface area contributed by atoms with Gasteiger partial charge in [0, 0.05) is 18.3 Å². The maximum atomic E-state index is 10.6. The third-order valence-corrected chi connectivity index (χ3v) is 6.04. The molecule has 0 fully saturated rings. The topological polar surface area (TPSA) is 43.1 Å². The Morgan fingerprint density at radius 2 is 1.03 bits per heavy atom. The van der Waals surface area contributed by atoms with Crippen LogP contribution in [0.15, 0.2) is 30.3 Å². The van der Waals surface area contributed by atoms with Crippen LogP contribution in [0.4, 0.5) is 0 Å². The first-order valence-corrected chi connectivity index (χ1v) is 12.4. The fraction of sp³-hybridized carbons (Fsp3) is 0.769. The average molecular weight is 404 g/mol. The molecule has 1 atom stereocenters. The van der Waals surface area contributed by atoms with Crippen LogP contribution in [0.5, 0.6) is 0 Å². The smallest absolute Gasteiger partial charge is 0.210 e. The molecule has 0 heterocycles. The summed E-state index contributed by atoms with van der Waals surface area (Å²) in [6.07, 6.45) is 23.4. The van der Waals surface area contributed by atoms with Gasteiger partial charge in [-0.15, -0.1) is 0 Å². The summed E-state index contributed by atoms with van der Waals surface area (Å²) >= 11 is 0. The van der Waals surface area contributed by atoms with Crippen LogP contribution in [0.1, 0.15) is 122 Å². The molecule has 3 heteroatoms. The van der Waals surface area contributed by atoms with Gasteiger partial charge in [-0.25, -0.2) is 0 Å². The summed E-state index contributed by atoms with van der Waals surface area (Å²) in [4.78, 5) is 10.4. The van der Waals surface area contributed by atoms with Crippen molar-refractivity contribution in [2.24, 2.45) is 0 Å². The highest BCUT2D eigenvalue weighted by atomic mass is 16.6. The second-order valence-corrected chi connectivity index (χ2v) is 8.82. The van der Waals surface area contributed by atoms with Crippen molar-refractivity contribution in [3.8, 4) is 0 Å². The molecular formula is C26H45NO2. The minimum absolute atomic E-state index is 0.159. The van der Waals surface area contributed by atoms with E-state index in [9.17, 15) is 10.1 Å². The molecule has 0 aliphatic rings. The van der Waals surface area contributed by atoms with Gasteiger partial charge in [-0.1, -0.05) is 120 Å². The molecule has 29 heavy (non-hydrogen) atoms. The van der Waals surface area contributed by atoms with Crippen LogP contribution in [0, 0.1) is 10.1 Å². The summed E-state index contributed by atoms with van der Waals surface area (Å²) < 4.78 is 0. The summed E-state index contributed by atoms with van der Waals surface area (Å²) in [5, 5.41) is 10.6. The molecule has 1 rings (SSSR count). The Morgan fingerprint density at radius 1 is 0.655 bits per heavy atom. The SMILES string of the molecule is CC(CCCCCCCCCCCCCCCCCCc1ccccc1)[N+](=O)[O-]. The monoisotopic (exact) mass is 403 g/mol. The third kappa shape index (κ3) is 16.1. The van der Waals surface area contributed by atoms with E-state index in [2.05, 4.69) is 30.3 Å². The summed E-state index contributed by atoms with van der Waals surface area (Å²) in [5.41, 5.74) is 1.48. The second kappa shape index (κ2) is 18.6. The Hall–Kier alpha value is -1.38. The van der Waals surface area contributed by atoms with Gasteiger partial charge in [-0.2, -0.15) is 0 Å². The highest BCUT2D eigenvalue weighted by molar-refractivity contribution is 5.14. The van der Waals surface area contributed by atoms with E-state index in [1.807, 2.05) is 0 Å². The summed E-state index contributed by atoms with van der Waals surface area (Å²) in [5.74, 6) is 0. The number of nitro groups is 1. The Kier molecular flexibility index (Phi) is 16.5. The van der Waals surface area contributed by atoms with Crippen molar-refractivity contribution in [1.82, 2.24) is 0 Å². The first-order valence-electron chi connectivity index (χ1n) is 12.4. The largest absolute Gasteiger partial charge is 0.264 e. The minimum Gasteiger partial charge on any atom is -0.264 e. The molecule has 166 valence electrons. The van der Waals surface area contributed by atoms with Crippen molar-refractivity contribution >= 4 is 0 Å². The van der Waals surface area contributed by atoms with Crippen molar-refractivity contribution in [3.05, 3.63) is 46.0 Å². The maximum absolute atomic E-state index is 10.6. The maximum Gasteiger partial charge on any atom is 0.210 e. The van der Waals surface area contributed by atoms with Gasteiger partial charge in [0.05, 0.1) is 0 Å². The zero-order valence-corrected chi connectivity index (χ0v) is 19.0. The summed E-state index contributed by atoms with van der Waals surface area (Å²) in [6.45, 7) is 1.72. The molecule has 0 aliphatic carbocycles. The van der Waals surface area contributed by atoms with Crippen LogP contribution in [0.2, 0.25) is 0 Å².